The zero-order valence-electron chi connectivity index (χ0n) is 41.2. The molecule has 7 nitrogen and oxygen atoms in total. The molecule has 0 atom stereocenters. The van der Waals surface area contributed by atoms with Crippen molar-refractivity contribution >= 4 is 61.6 Å². The molecule has 6 heterocycles. The van der Waals surface area contributed by atoms with Crippen LogP contribution in [0, 0.1) is 18.8 Å². The van der Waals surface area contributed by atoms with E-state index >= 15 is 0 Å². The summed E-state index contributed by atoms with van der Waals surface area (Å²) in [5.74, 6) is 3.89. The van der Waals surface area contributed by atoms with E-state index in [0.29, 0.717) is 11.5 Å². The third kappa shape index (κ3) is 6.39. The summed E-state index contributed by atoms with van der Waals surface area (Å²) >= 11 is 0. The number of fused-ring (bicyclic) bond motifs is 4. The quantitative estimate of drug-likeness (QED) is 0.160. The topological polar surface area (TPSA) is 46.0 Å². The first-order valence-electron chi connectivity index (χ1n) is 24.1. The second kappa shape index (κ2) is 15.1. The van der Waals surface area contributed by atoms with Gasteiger partial charge < -0.3 is 28.7 Å². The third-order valence-corrected chi connectivity index (χ3v) is 15.2. The Bertz CT molecular complexity index is 3580. The monoisotopic (exact) mass is 1100 g/mol. The van der Waals surface area contributed by atoms with Crippen LogP contribution in [0.2, 0.25) is 0 Å². The number of hydrogen-bond donors (Lipinski definition) is 0. The Morgan fingerprint density at radius 2 is 1.20 bits per heavy atom. The van der Waals surface area contributed by atoms with Crippen molar-refractivity contribution in [1.82, 2.24) is 9.55 Å². The van der Waals surface area contributed by atoms with Crippen molar-refractivity contribution in [2.75, 3.05) is 14.7 Å². The van der Waals surface area contributed by atoms with Crippen LogP contribution in [0.5, 0.6) is 23.0 Å². The molecule has 70 heavy (non-hydrogen) atoms. The zero-order chi connectivity index (χ0) is 47.5. The minimum atomic E-state index is -0.313. The van der Waals surface area contributed by atoms with Crippen molar-refractivity contribution in [2.24, 2.45) is 0 Å². The molecule has 2 aromatic heterocycles. The summed E-state index contributed by atoms with van der Waals surface area (Å²) in [5.41, 5.74) is 16.3. The Labute approximate surface area is 425 Å². The van der Waals surface area contributed by atoms with Gasteiger partial charge in [0.05, 0.1) is 17.1 Å². The zero-order valence-corrected chi connectivity index (χ0v) is 43.5. The number of benzene rings is 7. The van der Waals surface area contributed by atoms with Crippen LogP contribution in [0.25, 0.3) is 27.6 Å². The molecule has 0 amide bonds. The van der Waals surface area contributed by atoms with E-state index in [0.717, 1.165) is 78.8 Å². The maximum Gasteiger partial charge on any atom is 0.151 e. The number of aromatic nitrogens is 2. The van der Waals surface area contributed by atoms with Gasteiger partial charge in [0.1, 0.15) is 5.82 Å². The van der Waals surface area contributed by atoms with Gasteiger partial charge in [0.15, 0.2) is 11.5 Å². The van der Waals surface area contributed by atoms with Crippen LogP contribution in [0.1, 0.15) is 103 Å². The first kappa shape index (κ1) is 44.4. The van der Waals surface area contributed by atoms with Gasteiger partial charge in [0.2, 0.25) is 0 Å². The Morgan fingerprint density at radius 3 is 1.86 bits per heavy atom. The van der Waals surface area contributed by atoms with Gasteiger partial charge in [0, 0.05) is 72.2 Å². The standard InChI is InChI=1S/C62H54N5O2.Pt/c1-59(2,3)37-27-28-63-55(31-37)66-49-20-12-11-17-43(49)44-26-25-41(35-52(44)66)68-42-30-38(60(4,5)6)29-39(32-42)64-36-65(51-22-14-13-21-50(51)64)40-33-47-56-48(34-40)62(9,10)46-19-16-24-54-58(46)67(56)57-45(61(47,7)8)18-15-23-53(57)69-54;/h11-31,33-34,36H,1-10H3;/q-3;. The molecule has 352 valence electrons. The molecule has 4 aliphatic heterocycles. The number of para-hydroxylation sites is 5. The van der Waals surface area contributed by atoms with Crippen LogP contribution in [0.4, 0.5) is 39.8 Å². The maximum absolute atomic E-state index is 6.90. The molecule has 0 spiro atoms. The average Bonchev–Trinajstić information content (AvgIpc) is 3.87. The molecule has 7 aromatic carbocycles. The third-order valence-electron chi connectivity index (χ3n) is 15.2. The molecule has 0 radical (unpaired) electrons. The first-order chi connectivity index (χ1) is 33.0. The van der Waals surface area contributed by atoms with Crippen LogP contribution in [-0.2, 0) is 42.7 Å². The van der Waals surface area contributed by atoms with E-state index in [9.17, 15) is 0 Å². The minimum absolute atomic E-state index is 0. The van der Waals surface area contributed by atoms with Crippen molar-refractivity contribution < 1.29 is 30.5 Å². The van der Waals surface area contributed by atoms with E-state index in [2.05, 4.69) is 235 Å². The van der Waals surface area contributed by atoms with Crippen LogP contribution in [0.15, 0.2) is 140 Å². The first-order valence-corrected chi connectivity index (χ1v) is 24.1. The van der Waals surface area contributed by atoms with Gasteiger partial charge in [-0.1, -0.05) is 129 Å². The molecule has 13 rings (SSSR count). The van der Waals surface area contributed by atoms with Crippen molar-refractivity contribution in [3.05, 3.63) is 192 Å². The molecular formula is C62H54N5O2Pt-3. The van der Waals surface area contributed by atoms with Crippen LogP contribution >= 0.6 is 0 Å². The van der Waals surface area contributed by atoms with Crippen molar-refractivity contribution in [2.45, 2.75) is 90.9 Å². The van der Waals surface area contributed by atoms with Gasteiger partial charge in [-0.3, -0.25) is 0 Å². The Hall–Kier alpha value is -6.82. The van der Waals surface area contributed by atoms with Crippen LogP contribution in [0.3, 0.4) is 0 Å². The fourth-order valence-electron chi connectivity index (χ4n) is 11.3. The van der Waals surface area contributed by atoms with Crippen molar-refractivity contribution in [1.29, 1.82) is 0 Å². The fraction of sp³-hybridized carbons (Fsp3) is 0.226. The predicted molar refractivity (Wildman–Crippen MR) is 281 cm³/mol. The second-order valence-corrected chi connectivity index (χ2v) is 22.3. The van der Waals surface area contributed by atoms with Crippen LogP contribution < -0.4 is 24.2 Å². The maximum atomic E-state index is 6.90. The minimum Gasteiger partial charge on any atom is -0.509 e. The van der Waals surface area contributed by atoms with Gasteiger partial charge in [-0.15, -0.1) is 53.6 Å². The molecular weight excluding hydrogens is 1040 g/mol. The SMILES string of the molecule is CC(C)(C)c1cc(Oc2[c-]c3c(cc2)c2ccccc2n3-c2cc(C(C)(C)C)ccn2)[c-]c(N2[CH-]N(c3cc4c5c(c3)C(C)(C)c3cccc6c3N5c3c(cccc3C4(C)C)O6)c3ccccc32)c1.[Pt]. The second-order valence-electron chi connectivity index (χ2n) is 22.3. The average molecular weight is 1100 g/mol. The van der Waals surface area contributed by atoms with E-state index in [1.807, 2.05) is 12.3 Å². The molecule has 9 aromatic rings. The van der Waals surface area contributed by atoms with E-state index < -0.39 is 0 Å². The number of ether oxygens (including phenoxy) is 2. The fourth-order valence-corrected chi connectivity index (χ4v) is 11.3. The van der Waals surface area contributed by atoms with Gasteiger partial charge >= 0.3 is 0 Å². The summed E-state index contributed by atoms with van der Waals surface area (Å²) < 4.78 is 15.8. The molecule has 0 unspecified atom stereocenters. The Balaban J connectivity index is 0.00000505. The molecule has 0 fully saturated rings. The van der Waals surface area contributed by atoms with E-state index in [1.165, 1.54) is 33.5 Å². The molecule has 0 saturated heterocycles. The normalized spacial score (nSPS) is 15.7. The number of rotatable bonds is 5. The summed E-state index contributed by atoms with van der Waals surface area (Å²) in [5, 5.41) is 2.23. The summed E-state index contributed by atoms with van der Waals surface area (Å²) in [6.07, 6.45) is 1.91. The molecule has 8 heteroatoms. The summed E-state index contributed by atoms with van der Waals surface area (Å²) in [7, 11) is 0. The van der Waals surface area contributed by atoms with Gasteiger partial charge in [0.25, 0.3) is 0 Å². The molecule has 4 aliphatic rings. The van der Waals surface area contributed by atoms with Gasteiger partial charge in [-0.05, 0) is 98.6 Å². The number of hydrogen-bond acceptors (Lipinski definition) is 6. The molecule has 0 N–H and O–H groups in total. The van der Waals surface area contributed by atoms with Crippen molar-refractivity contribution in [3.8, 4) is 28.8 Å². The number of nitrogens with zero attached hydrogens (tertiary/aromatic N) is 5. The molecule has 0 saturated carbocycles. The number of anilines is 7. The smallest absolute Gasteiger partial charge is 0.151 e. The molecule has 0 bridgehead atoms. The van der Waals surface area contributed by atoms with Gasteiger partial charge in [-0.2, -0.15) is 6.07 Å². The van der Waals surface area contributed by atoms with E-state index in [1.54, 1.807) is 0 Å². The van der Waals surface area contributed by atoms with E-state index in [-0.39, 0.29) is 42.7 Å². The predicted octanol–water partition coefficient (Wildman–Crippen LogP) is 16.4. The van der Waals surface area contributed by atoms with Gasteiger partial charge in [-0.25, -0.2) is 4.98 Å². The van der Waals surface area contributed by atoms with Crippen molar-refractivity contribution in [3.63, 3.8) is 0 Å². The Morgan fingerprint density at radius 1 is 0.571 bits per heavy atom. The number of pyridine rings is 1. The van der Waals surface area contributed by atoms with Crippen LogP contribution in [-0.4, -0.2) is 9.55 Å². The summed E-state index contributed by atoms with van der Waals surface area (Å²) in [4.78, 5) is 12.0. The summed E-state index contributed by atoms with van der Waals surface area (Å²) in [6, 6.07) is 55.4. The summed E-state index contributed by atoms with van der Waals surface area (Å²) in [6.45, 7) is 25.1. The molecule has 0 aliphatic carbocycles. The largest absolute Gasteiger partial charge is 0.509 e. The Kier molecular flexibility index (Phi) is 9.57. The van der Waals surface area contributed by atoms with E-state index in [4.69, 9.17) is 14.5 Å².